The summed E-state index contributed by atoms with van der Waals surface area (Å²) in [5.41, 5.74) is 1.98. The second-order valence-corrected chi connectivity index (χ2v) is 8.43. The number of aliphatic hydroxyl groups excluding tert-OH is 1. The van der Waals surface area contributed by atoms with Gasteiger partial charge in [-0.3, -0.25) is 4.79 Å². The number of halogens is 1. The van der Waals surface area contributed by atoms with E-state index in [1.807, 2.05) is 54.6 Å². The molecule has 2 heterocycles. The van der Waals surface area contributed by atoms with Gasteiger partial charge < -0.3 is 10.0 Å². The molecule has 0 spiro atoms. The SMILES string of the molecule is CN1C(=O)C[C@H](c2ccccc2)[C@@H]1[C@H](O)c1ccc(/C=C\c2ccc(F)cc2)s1. The number of amides is 1. The molecule has 0 saturated carbocycles. The van der Waals surface area contributed by atoms with Gasteiger partial charge in [-0.15, -0.1) is 11.3 Å². The Labute approximate surface area is 173 Å². The summed E-state index contributed by atoms with van der Waals surface area (Å²) in [6, 6.07) is 19.8. The average Bonchev–Trinajstić information content (AvgIpc) is 3.33. The number of likely N-dealkylation sites (tertiary alicyclic amines) is 1. The van der Waals surface area contributed by atoms with Crippen molar-refractivity contribution in [1.82, 2.24) is 4.90 Å². The fraction of sp³-hybridized carbons (Fsp3) is 0.208. The van der Waals surface area contributed by atoms with Crippen molar-refractivity contribution in [1.29, 1.82) is 0 Å². The van der Waals surface area contributed by atoms with Crippen molar-refractivity contribution in [2.24, 2.45) is 0 Å². The molecule has 0 aliphatic carbocycles. The van der Waals surface area contributed by atoms with Crippen molar-refractivity contribution in [2.75, 3.05) is 7.05 Å². The molecular weight excluding hydrogens is 385 g/mol. The molecule has 1 aromatic heterocycles. The lowest BCUT2D eigenvalue weighted by Gasteiger charge is -2.29. The predicted octanol–water partition coefficient (Wildman–Crippen LogP) is 5.11. The number of carbonyl (C=O) groups excluding carboxylic acids is 1. The molecule has 4 rings (SSSR count). The monoisotopic (exact) mass is 407 g/mol. The first kappa shape index (κ1) is 19.6. The summed E-state index contributed by atoms with van der Waals surface area (Å²) in [6.45, 7) is 0. The molecule has 0 radical (unpaired) electrons. The first-order chi connectivity index (χ1) is 14.0. The van der Waals surface area contributed by atoms with E-state index in [4.69, 9.17) is 0 Å². The quantitative estimate of drug-likeness (QED) is 0.639. The van der Waals surface area contributed by atoms with Crippen molar-refractivity contribution < 1.29 is 14.3 Å². The van der Waals surface area contributed by atoms with Gasteiger partial charge in [0.15, 0.2) is 0 Å². The van der Waals surface area contributed by atoms with Gasteiger partial charge in [-0.05, 0) is 41.5 Å². The lowest BCUT2D eigenvalue weighted by atomic mass is 9.88. The highest BCUT2D eigenvalue weighted by Crippen LogP contribution is 2.41. The number of nitrogens with zero attached hydrogens (tertiary/aromatic N) is 1. The van der Waals surface area contributed by atoms with Crippen LogP contribution in [0.2, 0.25) is 0 Å². The zero-order valence-electron chi connectivity index (χ0n) is 16.0. The number of likely N-dealkylation sites (N-methyl/N-ethyl adjacent to an activating group) is 1. The minimum Gasteiger partial charge on any atom is -0.385 e. The summed E-state index contributed by atoms with van der Waals surface area (Å²) in [5, 5.41) is 11.1. The van der Waals surface area contributed by atoms with Gasteiger partial charge in [0.1, 0.15) is 11.9 Å². The molecule has 29 heavy (non-hydrogen) atoms. The summed E-state index contributed by atoms with van der Waals surface area (Å²) >= 11 is 1.50. The van der Waals surface area contributed by atoms with Crippen LogP contribution in [0.3, 0.4) is 0 Å². The lowest BCUT2D eigenvalue weighted by molar-refractivity contribution is -0.128. The number of aliphatic hydroxyl groups is 1. The highest BCUT2D eigenvalue weighted by molar-refractivity contribution is 7.13. The van der Waals surface area contributed by atoms with E-state index in [9.17, 15) is 14.3 Å². The van der Waals surface area contributed by atoms with E-state index in [0.717, 1.165) is 20.9 Å². The van der Waals surface area contributed by atoms with Crippen LogP contribution in [0.4, 0.5) is 4.39 Å². The van der Waals surface area contributed by atoms with Gasteiger partial charge in [0, 0.05) is 29.1 Å². The van der Waals surface area contributed by atoms with E-state index < -0.39 is 6.10 Å². The minimum atomic E-state index is -0.755. The molecule has 1 N–H and O–H groups in total. The van der Waals surface area contributed by atoms with E-state index in [-0.39, 0.29) is 23.7 Å². The molecule has 1 aliphatic rings. The molecule has 1 fully saturated rings. The predicted molar refractivity (Wildman–Crippen MR) is 115 cm³/mol. The Morgan fingerprint density at radius 3 is 2.52 bits per heavy atom. The van der Waals surface area contributed by atoms with E-state index in [1.165, 1.54) is 23.5 Å². The second kappa shape index (κ2) is 8.31. The van der Waals surface area contributed by atoms with Crippen molar-refractivity contribution in [3.05, 3.63) is 93.4 Å². The van der Waals surface area contributed by atoms with Gasteiger partial charge in [-0.1, -0.05) is 48.5 Å². The maximum absolute atomic E-state index is 13.0. The van der Waals surface area contributed by atoms with Crippen LogP contribution < -0.4 is 0 Å². The summed E-state index contributed by atoms with van der Waals surface area (Å²) in [5.74, 6) is -0.244. The summed E-state index contributed by atoms with van der Waals surface area (Å²) < 4.78 is 13.0. The molecule has 5 heteroatoms. The summed E-state index contributed by atoms with van der Waals surface area (Å²) in [6.07, 6.45) is 3.52. The third kappa shape index (κ3) is 4.16. The molecular formula is C24H22FNO2S. The maximum atomic E-state index is 13.0. The van der Waals surface area contributed by atoms with Crippen LogP contribution in [-0.2, 0) is 4.79 Å². The van der Waals surface area contributed by atoms with E-state index >= 15 is 0 Å². The van der Waals surface area contributed by atoms with E-state index in [1.54, 1.807) is 24.1 Å². The average molecular weight is 408 g/mol. The van der Waals surface area contributed by atoms with Crippen molar-refractivity contribution >= 4 is 29.4 Å². The lowest BCUT2D eigenvalue weighted by Crippen LogP contribution is -2.36. The second-order valence-electron chi connectivity index (χ2n) is 7.29. The highest BCUT2D eigenvalue weighted by atomic mass is 32.1. The smallest absolute Gasteiger partial charge is 0.223 e. The largest absolute Gasteiger partial charge is 0.385 e. The summed E-state index contributed by atoms with van der Waals surface area (Å²) in [7, 11) is 1.77. The molecule has 2 aromatic carbocycles. The topological polar surface area (TPSA) is 40.5 Å². The van der Waals surface area contributed by atoms with Gasteiger partial charge in [-0.25, -0.2) is 4.39 Å². The number of carbonyl (C=O) groups is 1. The Balaban J connectivity index is 1.55. The zero-order chi connectivity index (χ0) is 20.4. The Bertz CT molecular complexity index is 1010. The minimum absolute atomic E-state index is 0.0380. The number of hydrogen-bond acceptors (Lipinski definition) is 3. The zero-order valence-corrected chi connectivity index (χ0v) is 16.9. The van der Waals surface area contributed by atoms with Crippen molar-refractivity contribution in [3.8, 4) is 0 Å². The van der Waals surface area contributed by atoms with Crippen LogP contribution in [0.5, 0.6) is 0 Å². The van der Waals surface area contributed by atoms with Crippen molar-refractivity contribution in [3.63, 3.8) is 0 Å². The van der Waals surface area contributed by atoms with Crippen LogP contribution in [0, 0.1) is 5.82 Å². The molecule has 1 saturated heterocycles. The number of benzene rings is 2. The number of thiophene rings is 1. The molecule has 1 amide bonds. The Hall–Kier alpha value is -2.76. The standard InChI is InChI=1S/C24H22FNO2S/c1-26-22(27)15-20(17-5-3-2-4-6-17)23(26)24(28)21-14-13-19(29-21)12-9-16-7-10-18(25)11-8-16/h2-14,20,23-24,28H,15H2,1H3/b12-9-/t20-,23-,24-/m1/s1. The normalized spacial score (nSPS) is 20.5. The molecule has 3 atom stereocenters. The first-order valence-electron chi connectivity index (χ1n) is 9.55. The fourth-order valence-electron chi connectivity index (χ4n) is 3.87. The Morgan fingerprint density at radius 2 is 1.79 bits per heavy atom. The number of rotatable bonds is 5. The fourth-order valence-corrected chi connectivity index (χ4v) is 4.81. The number of hydrogen-bond donors (Lipinski definition) is 1. The third-order valence-electron chi connectivity index (χ3n) is 5.45. The molecule has 0 bridgehead atoms. The Kier molecular flexibility index (Phi) is 5.60. The van der Waals surface area contributed by atoms with Crippen molar-refractivity contribution in [2.45, 2.75) is 24.5 Å². The third-order valence-corrected chi connectivity index (χ3v) is 6.57. The maximum Gasteiger partial charge on any atom is 0.223 e. The van der Waals surface area contributed by atoms with Gasteiger partial charge in [0.2, 0.25) is 5.91 Å². The Morgan fingerprint density at radius 1 is 1.07 bits per heavy atom. The van der Waals surface area contributed by atoms with E-state index in [0.29, 0.717) is 6.42 Å². The molecule has 1 aliphatic heterocycles. The van der Waals surface area contributed by atoms with Crippen LogP contribution >= 0.6 is 11.3 Å². The first-order valence-corrected chi connectivity index (χ1v) is 10.4. The molecule has 148 valence electrons. The molecule has 3 nitrogen and oxygen atoms in total. The van der Waals surface area contributed by atoms with Crippen LogP contribution in [0.1, 0.15) is 39.3 Å². The van der Waals surface area contributed by atoms with Gasteiger partial charge in [-0.2, -0.15) is 0 Å². The summed E-state index contributed by atoms with van der Waals surface area (Å²) in [4.78, 5) is 15.9. The molecule has 0 unspecified atom stereocenters. The molecule has 3 aromatic rings. The highest BCUT2D eigenvalue weighted by Gasteiger charge is 2.43. The van der Waals surface area contributed by atoms with Gasteiger partial charge >= 0.3 is 0 Å². The van der Waals surface area contributed by atoms with Crippen LogP contribution in [-0.4, -0.2) is 29.0 Å². The van der Waals surface area contributed by atoms with Crippen LogP contribution in [0.15, 0.2) is 66.7 Å². The van der Waals surface area contributed by atoms with E-state index in [2.05, 4.69) is 0 Å². The van der Waals surface area contributed by atoms with Crippen LogP contribution in [0.25, 0.3) is 12.2 Å². The van der Waals surface area contributed by atoms with Gasteiger partial charge in [0.25, 0.3) is 0 Å². The van der Waals surface area contributed by atoms with Gasteiger partial charge in [0.05, 0.1) is 6.04 Å².